The van der Waals surface area contributed by atoms with E-state index in [2.05, 4.69) is 10.6 Å². The van der Waals surface area contributed by atoms with E-state index in [1.807, 2.05) is 6.92 Å². The number of benzene rings is 1. The average molecular weight is 294 g/mol. The summed E-state index contributed by atoms with van der Waals surface area (Å²) in [5, 5.41) is 5.38. The highest BCUT2D eigenvalue weighted by atomic mass is 16.5. The second kappa shape index (κ2) is 8.14. The smallest absolute Gasteiger partial charge is 0.252 e. The zero-order chi connectivity index (χ0) is 15.8. The first-order valence-electron chi connectivity index (χ1n) is 6.83. The van der Waals surface area contributed by atoms with Gasteiger partial charge in [-0.1, -0.05) is 6.92 Å². The minimum Gasteiger partial charge on any atom is -0.497 e. The van der Waals surface area contributed by atoms with Crippen LogP contribution in [0, 0.1) is 0 Å². The lowest BCUT2D eigenvalue weighted by Crippen LogP contribution is -2.45. The third kappa shape index (κ3) is 4.98. The molecule has 116 valence electrons. The van der Waals surface area contributed by atoms with Crippen molar-refractivity contribution in [2.24, 2.45) is 0 Å². The molecule has 0 spiro atoms. The van der Waals surface area contributed by atoms with Crippen LogP contribution in [0.5, 0.6) is 11.5 Å². The number of rotatable bonds is 7. The summed E-state index contributed by atoms with van der Waals surface area (Å²) < 4.78 is 10.2. The number of hydrogen-bond donors (Lipinski definition) is 2. The predicted octanol–water partition coefficient (Wildman–Crippen LogP) is 1.35. The molecule has 0 heterocycles. The lowest BCUT2D eigenvalue weighted by Gasteiger charge is -2.14. The molecule has 0 aromatic heterocycles. The molecule has 0 saturated carbocycles. The molecule has 0 unspecified atom stereocenters. The number of nitrogens with one attached hydrogen (secondary N) is 2. The Hall–Kier alpha value is -2.24. The Balaban J connectivity index is 2.77. The summed E-state index contributed by atoms with van der Waals surface area (Å²) >= 11 is 0. The number of methoxy groups -OCH3 is 2. The Morgan fingerprint density at radius 1 is 1.14 bits per heavy atom. The van der Waals surface area contributed by atoms with Crippen LogP contribution in [0.3, 0.4) is 0 Å². The molecule has 0 bridgehead atoms. The van der Waals surface area contributed by atoms with Gasteiger partial charge in [-0.05, 0) is 25.5 Å². The van der Waals surface area contributed by atoms with Gasteiger partial charge in [-0.3, -0.25) is 9.59 Å². The van der Waals surface area contributed by atoms with E-state index in [-0.39, 0.29) is 11.8 Å². The molecule has 0 saturated heterocycles. The molecule has 0 fully saturated rings. The maximum absolute atomic E-state index is 12.2. The third-order valence-electron chi connectivity index (χ3n) is 2.90. The molecule has 2 amide bonds. The van der Waals surface area contributed by atoms with Crippen LogP contribution in [0.25, 0.3) is 0 Å². The van der Waals surface area contributed by atoms with Gasteiger partial charge in [-0.2, -0.15) is 0 Å². The number of carbonyl (C=O) groups excluding carboxylic acids is 2. The lowest BCUT2D eigenvalue weighted by atomic mass is 10.1. The van der Waals surface area contributed by atoms with Crippen molar-refractivity contribution >= 4 is 11.8 Å². The van der Waals surface area contributed by atoms with Crippen molar-refractivity contribution in [2.75, 3.05) is 20.8 Å². The number of hydrogen-bond acceptors (Lipinski definition) is 4. The normalized spacial score (nSPS) is 11.4. The maximum atomic E-state index is 12.2. The van der Waals surface area contributed by atoms with Crippen molar-refractivity contribution in [2.45, 2.75) is 26.3 Å². The minimum absolute atomic E-state index is 0.208. The zero-order valence-corrected chi connectivity index (χ0v) is 12.9. The molecule has 0 aliphatic carbocycles. The second-order valence-electron chi connectivity index (χ2n) is 4.59. The number of amides is 2. The number of ether oxygens (including phenoxy) is 2. The van der Waals surface area contributed by atoms with Gasteiger partial charge in [0.15, 0.2) is 0 Å². The lowest BCUT2D eigenvalue weighted by molar-refractivity contribution is -0.122. The Morgan fingerprint density at radius 2 is 1.71 bits per heavy atom. The summed E-state index contributed by atoms with van der Waals surface area (Å²) in [4.78, 5) is 23.9. The van der Waals surface area contributed by atoms with Crippen LogP contribution >= 0.6 is 0 Å². The van der Waals surface area contributed by atoms with Crippen LogP contribution in [0.1, 0.15) is 30.6 Å². The van der Waals surface area contributed by atoms with E-state index in [0.717, 1.165) is 6.42 Å². The molecule has 0 aliphatic heterocycles. The largest absolute Gasteiger partial charge is 0.497 e. The van der Waals surface area contributed by atoms with E-state index in [9.17, 15) is 9.59 Å². The Kier molecular flexibility index (Phi) is 6.52. The first kappa shape index (κ1) is 16.8. The summed E-state index contributed by atoms with van der Waals surface area (Å²) in [5.74, 6) is 0.469. The summed E-state index contributed by atoms with van der Waals surface area (Å²) in [6.07, 6.45) is 0.847. The van der Waals surface area contributed by atoms with Crippen molar-refractivity contribution < 1.29 is 19.1 Å². The molecule has 1 atom stereocenters. The van der Waals surface area contributed by atoms with E-state index >= 15 is 0 Å². The van der Waals surface area contributed by atoms with Crippen LogP contribution in [-0.2, 0) is 4.79 Å². The summed E-state index contributed by atoms with van der Waals surface area (Å²) in [6, 6.07) is 4.25. The van der Waals surface area contributed by atoms with Gasteiger partial charge in [-0.15, -0.1) is 0 Å². The molecule has 6 nitrogen and oxygen atoms in total. The summed E-state index contributed by atoms with van der Waals surface area (Å²) in [6.45, 7) is 4.19. The van der Waals surface area contributed by atoms with Gasteiger partial charge in [0.05, 0.1) is 14.2 Å². The van der Waals surface area contributed by atoms with Crippen LogP contribution in [0.2, 0.25) is 0 Å². The highest BCUT2D eigenvalue weighted by Crippen LogP contribution is 2.22. The van der Waals surface area contributed by atoms with Crippen molar-refractivity contribution in [1.82, 2.24) is 10.6 Å². The highest BCUT2D eigenvalue weighted by Gasteiger charge is 2.17. The molecule has 1 aromatic rings. The van der Waals surface area contributed by atoms with Gasteiger partial charge in [0.1, 0.15) is 17.5 Å². The van der Waals surface area contributed by atoms with Gasteiger partial charge < -0.3 is 20.1 Å². The standard InChI is InChI=1S/C15H22N2O4/c1-5-6-16-14(18)10(2)17-15(19)11-7-12(20-3)9-13(8-11)21-4/h7-10H,5-6H2,1-4H3,(H,16,18)(H,17,19)/t10-/m0/s1. The van der Waals surface area contributed by atoms with E-state index in [4.69, 9.17) is 9.47 Å². The monoisotopic (exact) mass is 294 g/mol. The zero-order valence-electron chi connectivity index (χ0n) is 12.9. The van der Waals surface area contributed by atoms with E-state index in [1.165, 1.54) is 14.2 Å². The van der Waals surface area contributed by atoms with E-state index in [0.29, 0.717) is 23.6 Å². The third-order valence-corrected chi connectivity index (χ3v) is 2.90. The van der Waals surface area contributed by atoms with Gasteiger partial charge in [0, 0.05) is 18.2 Å². The fourth-order valence-corrected chi connectivity index (χ4v) is 1.69. The number of carbonyl (C=O) groups is 2. The van der Waals surface area contributed by atoms with Crippen LogP contribution < -0.4 is 20.1 Å². The van der Waals surface area contributed by atoms with Crippen LogP contribution in [0.4, 0.5) is 0 Å². The quantitative estimate of drug-likeness (QED) is 0.796. The molecule has 6 heteroatoms. The van der Waals surface area contributed by atoms with Gasteiger partial charge in [0.25, 0.3) is 5.91 Å². The topological polar surface area (TPSA) is 76.7 Å². The predicted molar refractivity (Wildman–Crippen MR) is 79.8 cm³/mol. The highest BCUT2D eigenvalue weighted by molar-refractivity contribution is 5.98. The van der Waals surface area contributed by atoms with Gasteiger partial charge in [0.2, 0.25) is 5.91 Å². The van der Waals surface area contributed by atoms with Gasteiger partial charge in [-0.25, -0.2) is 0 Å². The fourth-order valence-electron chi connectivity index (χ4n) is 1.69. The van der Waals surface area contributed by atoms with E-state index in [1.54, 1.807) is 25.1 Å². The van der Waals surface area contributed by atoms with Crippen LogP contribution in [-0.4, -0.2) is 38.6 Å². The van der Waals surface area contributed by atoms with Gasteiger partial charge >= 0.3 is 0 Å². The van der Waals surface area contributed by atoms with Crippen molar-refractivity contribution in [3.8, 4) is 11.5 Å². The van der Waals surface area contributed by atoms with Crippen LogP contribution in [0.15, 0.2) is 18.2 Å². The molecular weight excluding hydrogens is 272 g/mol. The minimum atomic E-state index is -0.610. The molecule has 2 N–H and O–H groups in total. The van der Waals surface area contributed by atoms with E-state index < -0.39 is 6.04 Å². The molecule has 0 radical (unpaired) electrons. The average Bonchev–Trinajstić information content (AvgIpc) is 2.51. The Bertz CT molecular complexity index is 480. The first-order valence-corrected chi connectivity index (χ1v) is 6.83. The fraction of sp³-hybridized carbons (Fsp3) is 0.467. The molecule has 21 heavy (non-hydrogen) atoms. The van der Waals surface area contributed by atoms with Crippen molar-refractivity contribution in [3.63, 3.8) is 0 Å². The molecule has 0 aliphatic rings. The van der Waals surface area contributed by atoms with Crippen molar-refractivity contribution in [3.05, 3.63) is 23.8 Å². The summed E-state index contributed by atoms with van der Waals surface area (Å²) in [7, 11) is 3.02. The molecule has 1 rings (SSSR count). The molecular formula is C15H22N2O4. The second-order valence-corrected chi connectivity index (χ2v) is 4.59. The Morgan fingerprint density at radius 3 is 2.19 bits per heavy atom. The van der Waals surface area contributed by atoms with Crippen molar-refractivity contribution in [1.29, 1.82) is 0 Å². The summed E-state index contributed by atoms with van der Waals surface area (Å²) in [5.41, 5.74) is 0.376. The first-order chi connectivity index (χ1) is 10.0. The SMILES string of the molecule is CCCNC(=O)[C@H](C)NC(=O)c1cc(OC)cc(OC)c1. The molecule has 1 aromatic carbocycles. The maximum Gasteiger partial charge on any atom is 0.252 e. The Labute approximate surface area is 124 Å².